The van der Waals surface area contributed by atoms with Crippen molar-refractivity contribution in [1.29, 1.82) is 0 Å². The van der Waals surface area contributed by atoms with Gasteiger partial charge in [-0.15, -0.1) is 10.2 Å². The van der Waals surface area contributed by atoms with E-state index in [2.05, 4.69) is 15.6 Å². The van der Waals surface area contributed by atoms with E-state index >= 15 is 0 Å². The van der Waals surface area contributed by atoms with Crippen LogP contribution in [-0.4, -0.2) is 31.9 Å². The van der Waals surface area contributed by atoms with Crippen LogP contribution in [0.1, 0.15) is 32.4 Å². The summed E-state index contributed by atoms with van der Waals surface area (Å²) in [7, 11) is 0. The van der Waals surface area contributed by atoms with Crippen molar-refractivity contribution in [2.75, 3.05) is 5.43 Å². The van der Waals surface area contributed by atoms with Crippen LogP contribution in [0.3, 0.4) is 0 Å². The molecule has 7 heteroatoms. The average molecular weight is 260 g/mol. The minimum atomic E-state index is -1.15. The Morgan fingerprint density at radius 2 is 1.63 bits per heavy atom. The molecule has 0 saturated heterocycles. The molecule has 98 valence electrons. The molecule has 2 rings (SSSR count). The second-order valence-corrected chi connectivity index (χ2v) is 3.92. The van der Waals surface area contributed by atoms with E-state index in [-0.39, 0.29) is 11.1 Å². The number of hydrogen-bond acceptors (Lipinski definition) is 4. The molecule has 0 radical (unpaired) electrons. The number of aromatic nitrogens is 3. The summed E-state index contributed by atoms with van der Waals surface area (Å²) < 4.78 is 1.40. The number of amides is 1. The Morgan fingerprint density at radius 3 is 2.16 bits per heavy atom. The molecule has 1 amide bonds. The fourth-order valence-corrected chi connectivity index (χ4v) is 1.66. The van der Waals surface area contributed by atoms with Gasteiger partial charge in [0.2, 0.25) is 0 Å². The lowest BCUT2D eigenvalue weighted by atomic mass is 10.1. The second-order valence-electron chi connectivity index (χ2n) is 3.92. The quantitative estimate of drug-likeness (QED) is 0.857. The minimum absolute atomic E-state index is 0.0524. The SMILES string of the molecule is Cc1nnc(C)n1NC(=O)c1ccccc1C(=O)O. The standard InChI is InChI=1S/C12H12N4O3/c1-7-13-14-8(2)16(7)15-11(17)9-5-3-4-6-10(9)12(18)19/h3-6H,1-2H3,(H,15,17)(H,18,19). The number of aryl methyl sites for hydroxylation is 2. The molecule has 1 heterocycles. The van der Waals surface area contributed by atoms with Crippen molar-refractivity contribution >= 4 is 11.9 Å². The lowest BCUT2D eigenvalue weighted by Crippen LogP contribution is -2.26. The zero-order valence-corrected chi connectivity index (χ0v) is 10.4. The van der Waals surface area contributed by atoms with Crippen LogP contribution in [0.15, 0.2) is 24.3 Å². The van der Waals surface area contributed by atoms with Gasteiger partial charge >= 0.3 is 5.97 Å². The molecule has 1 aromatic carbocycles. The Balaban J connectivity index is 2.33. The summed E-state index contributed by atoms with van der Waals surface area (Å²) in [5.41, 5.74) is 2.59. The third kappa shape index (κ3) is 2.44. The van der Waals surface area contributed by atoms with Gasteiger partial charge in [0.15, 0.2) is 0 Å². The van der Waals surface area contributed by atoms with E-state index in [9.17, 15) is 9.59 Å². The molecule has 0 aliphatic heterocycles. The summed E-state index contributed by atoms with van der Waals surface area (Å²) in [5, 5.41) is 16.6. The van der Waals surface area contributed by atoms with Crippen LogP contribution in [0.5, 0.6) is 0 Å². The first-order chi connectivity index (χ1) is 9.00. The first-order valence-electron chi connectivity index (χ1n) is 5.53. The maximum absolute atomic E-state index is 12.1. The number of carboxylic acids is 1. The number of carboxylic acid groups (broad SMARTS) is 1. The van der Waals surface area contributed by atoms with Crippen molar-refractivity contribution in [2.24, 2.45) is 0 Å². The number of nitrogens with one attached hydrogen (secondary N) is 1. The highest BCUT2D eigenvalue weighted by Crippen LogP contribution is 2.09. The molecule has 0 atom stereocenters. The summed E-state index contributed by atoms with van der Waals surface area (Å²) in [6.07, 6.45) is 0. The van der Waals surface area contributed by atoms with Crippen LogP contribution in [0.2, 0.25) is 0 Å². The smallest absolute Gasteiger partial charge is 0.336 e. The zero-order chi connectivity index (χ0) is 14.0. The molecule has 0 unspecified atom stereocenters. The Kier molecular flexibility index (Phi) is 3.28. The number of aromatic carboxylic acids is 1. The van der Waals surface area contributed by atoms with Gasteiger partial charge in [-0.1, -0.05) is 12.1 Å². The third-order valence-corrected chi connectivity index (χ3v) is 2.60. The van der Waals surface area contributed by atoms with Crippen LogP contribution in [0.25, 0.3) is 0 Å². The molecule has 0 spiro atoms. The summed E-state index contributed by atoms with van der Waals surface area (Å²) in [6, 6.07) is 6.00. The van der Waals surface area contributed by atoms with Crippen LogP contribution in [-0.2, 0) is 0 Å². The number of hydrogen-bond donors (Lipinski definition) is 2. The normalized spacial score (nSPS) is 10.2. The van der Waals surface area contributed by atoms with Gasteiger partial charge in [0.25, 0.3) is 5.91 Å². The topological polar surface area (TPSA) is 97.1 Å². The molecule has 0 fully saturated rings. The number of benzene rings is 1. The molecular formula is C12H12N4O3. The van der Waals surface area contributed by atoms with Gasteiger partial charge in [-0.3, -0.25) is 10.2 Å². The van der Waals surface area contributed by atoms with Crippen molar-refractivity contribution in [3.63, 3.8) is 0 Å². The number of carbonyl (C=O) groups is 2. The summed E-state index contributed by atoms with van der Waals surface area (Å²) in [6.45, 7) is 3.37. The Bertz CT molecular complexity index is 629. The first-order valence-corrected chi connectivity index (χ1v) is 5.53. The predicted octanol–water partition coefficient (Wildman–Crippen LogP) is 0.977. The van der Waals surface area contributed by atoms with E-state index in [1.165, 1.54) is 16.8 Å². The highest BCUT2D eigenvalue weighted by molar-refractivity contribution is 6.08. The van der Waals surface area contributed by atoms with Crippen molar-refractivity contribution < 1.29 is 14.7 Å². The molecule has 19 heavy (non-hydrogen) atoms. The van der Waals surface area contributed by atoms with Crippen LogP contribution in [0.4, 0.5) is 0 Å². The summed E-state index contributed by atoms with van der Waals surface area (Å²) in [5.74, 6) is -0.649. The van der Waals surface area contributed by atoms with Gasteiger partial charge in [0, 0.05) is 0 Å². The third-order valence-electron chi connectivity index (χ3n) is 2.60. The lowest BCUT2D eigenvalue weighted by molar-refractivity contribution is 0.0692. The van der Waals surface area contributed by atoms with Gasteiger partial charge in [-0.2, -0.15) is 0 Å². The molecule has 0 saturated carbocycles. The van der Waals surface area contributed by atoms with Gasteiger partial charge in [-0.25, -0.2) is 9.47 Å². The van der Waals surface area contributed by atoms with E-state index < -0.39 is 11.9 Å². The molecule has 1 aromatic heterocycles. The highest BCUT2D eigenvalue weighted by Gasteiger charge is 2.17. The number of carbonyl (C=O) groups excluding carboxylic acids is 1. The van der Waals surface area contributed by atoms with E-state index in [0.717, 1.165) is 0 Å². The Hall–Kier alpha value is -2.70. The van der Waals surface area contributed by atoms with Gasteiger partial charge in [0.1, 0.15) is 11.6 Å². The van der Waals surface area contributed by atoms with Gasteiger partial charge < -0.3 is 5.11 Å². The van der Waals surface area contributed by atoms with E-state index in [4.69, 9.17) is 5.11 Å². The molecule has 2 N–H and O–H groups in total. The van der Waals surface area contributed by atoms with Crippen molar-refractivity contribution in [2.45, 2.75) is 13.8 Å². The maximum Gasteiger partial charge on any atom is 0.336 e. The fourth-order valence-electron chi connectivity index (χ4n) is 1.66. The van der Waals surface area contributed by atoms with Gasteiger partial charge in [0.05, 0.1) is 11.1 Å². The maximum atomic E-state index is 12.1. The predicted molar refractivity (Wildman–Crippen MR) is 66.6 cm³/mol. The average Bonchev–Trinajstić information content (AvgIpc) is 2.70. The largest absolute Gasteiger partial charge is 0.478 e. The van der Waals surface area contributed by atoms with E-state index in [1.54, 1.807) is 26.0 Å². The monoisotopic (exact) mass is 260 g/mol. The Labute approximate surface area is 108 Å². The van der Waals surface area contributed by atoms with Crippen LogP contribution >= 0.6 is 0 Å². The lowest BCUT2D eigenvalue weighted by Gasteiger charge is -2.10. The molecule has 2 aromatic rings. The van der Waals surface area contributed by atoms with Crippen LogP contribution < -0.4 is 5.43 Å². The second kappa shape index (κ2) is 4.89. The highest BCUT2D eigenvalue weighted by atomic mass is 16.4. The van der Waals surface area contributed by atoms with Crippen LogP contribution in [0, 0.1) is 13.8 Å². The van der Waals surface area contributed by atoms with E-state index in [0.29, 0.717) is 11.6 Å². The Morgan fingerprint density at radius 1 is 1.11 bits per heavy atom. The van der Waals surface area contributed by atoms with Crippen molar-refractivity contribution in [3.05, 3.63) is 47.0 Å². The number of nitrogens with zero attached hydrogens (tertiary/aromatic N) is 3. The fraction of sp³-hybridized carbons (Fsp3) is 0.167. The first kappa shape index (κ1) is 12.7. The van der Waals surface area contributed by atoms with Crippen molar-refractivity contribution in [1.82, 2.24) is 14.9 Å². The zero-order valence-electron chi connectivity index (χ0n) is 10.4. The summed E-state index contributed by atoms with van der Waals surface area (Å²) >= 11 is 0. The van der Waals surface area contributed by atoms with Gasteiger partial charge in [-0.05, 0) is 26.0 Å². The summed E-state index contributed by atoms with van der Waals surface area (Å²) in [4.78, 5) is 23.1. The molecule has 0 aliphatic carbocycles. The minimum Gasteiger partial charge on any atom is -0.478 e. The molecule has 0 aliphatic rings. The van der Waals surface area contributed by atoms with E-state index in [1.807, 2.05) is 0 Å². The molecule has 7 nitrogen and oxygen atoms in total. The van der Waals surface area contributed by atoms with Crippen molar-refractivity contribution in [3.8, 4) is 0 Å². The molecule has 0 bridgehead atoms. The molecular weight excluding hydrogens is 248 g/mol. The number of rotatable bonds is 3.